The third-order valence-electron chi connectivity index (χ3n) is 4.22. The highest BCUT2D eigenvalue weighted by Gasteiger charge is 2.47. The molecule has 0 spiro atoms. The van der Waals surface area contributed by atoms with Crippen molar-refractivity contribution in [3.8, 4) is 0 Å². The van der Waals surface area contributed by atoms with Crippen LogP contribution in [0.15, 0.2) is 34.2 Å². The Kier molecular flexibility index (Phi) is 4.40. The van der Waals surface area contributed by atoms with Crippen molar-refractivity contribution in [2.45, 2.75) is 50.9 Å². The zero-order chi connectivity index (χ0) is 16.6. The van der Waals surface area contributed by atoms with Gasteiger partial charge in [-0.1, -0.05) is 17.7 Å². The number of fused-ring (bicyclic) bond motifs is 1. The van der Waals surface area contributed by atoms with Gasteiger partial charge in [-0.05, 0) is 32.6 Å². The standard InChI is InChI=1S/C15H18ClF3N4/c1-10-5-6-11-13(16)20-7-9-22(11)14(21-10)23-8-3-2-4-12(23)15(17,18)19/h6-7,9-10,12H,2-5,8H2,1H3. The molecule has 3 aliphatic rings. The van der Waals surface area contributed by atoms with Gasteiger partial charge in [-0.2, -0.15) is 13.2 Å². The molecule has 1 fully saturated rings. The molecule has 126 valence electrons. The second-order valence-corrected chi connectivity index (χ2v) is 6.30. The van der Waals surface area contributed by atoms with E-state index in [4.69, 9.17) is 11.6 Å². The summed E-state index contributed by atoms with van der Waals surface area (Å²) in [4.78, 5) is 11.6. The molecule has 2 unspecified atom stereocenters. The summed E-state index contributed by atoms with van der Waals surface area (Å²) in [6.07, 6.45) is 2.70. The minimum atomic E-state index is -4.28. The fourth-order valence-electron chi connectivity index (χ4n) is 3.09. The molecule has 1 saturated heterocycles. The Morgan fingerprint density at radius 2 is 2.09 bits per heavy atom. The van der Waals surface area contributed by atoms with E-state index >= 15 is 0 Å². The minimum absolute atomic E-state index is 0.0926. The number of alkyl halides is 3. The highest BCUT2D eigenvalue weighted by molar-refractivity contribution is 6.69. The first-order valence-electron chi connectivity index (χ1n) is 7.69. The van der Waals surface area contributed by atoms with Crippen molar-refractivity contribution in [2.75, 3.05) is 6.54 Å². The van der Waals surface area contributed by atoms with Crippen LogP contribution >= 0.6 is 11.6 Å². The number of aliphatic imine (C=N–C) groups is 2. The normalized spacial score (nSPS) is 28.7. The van der Waals surface area contributed by atoms with Gasteiger partial charge in [-0.3, -0.25) is 4.90 Å². The van der Waals surface area contributed by atoms with Crippen molar-refractivity contribution in [1.29, 1.82) is 0 Å². The fraction of sp³-hybridized carbons (Fsp3) is 0.600. The molecule has 3 heterocycles. The zero-order valence-corrected chi connectivity index (χ0v) is 13.5. The predicted octanol–water partition coefficient (Wildman–Crippen LogP) is 3.86. The van der Waals surface area contributed by atoms with Crippen LogP contribution in [0.3, 0.4) is 0 Å². The van der Waals surface area contributed by atoms with Gasteiger partial charge in [0.15, 0.2) is 5.17 Å². The molecule has 0 radical (unpaired) electrons. The van der Waals surface area contributed by atoms with Crippen LogP contribution in [-0.4, -0.2) is 45.7 Å². The van der Waals surface area contributed by atoms with E-state index in [0.29, 0.717) is 31.0 Å². The predicted molar refractivity (Wildman–Crippen MR) is 84.3 cm³/mol. The third-order valence-corrected chi connectivity index (χ3v) is 4.51. The molecule has 0 aromatic carbocycles. The van der Waals surface area contributed by atoms with E-state index in [1.165, 1.54) is 11.1 Å². The van der Waals surface area contributed by atoms with Crippen LogP contribution in [0.1, 0.15) is 32.6 Å². The van der Waals surface area contributed by atoms with Crippen molar-refractivity contribution in [3.63, 3.8) is 0 Å². The SMILES string of the molecule is CC1CC=C2C(Cl)=NC=CN2C(N2CCCCC2C(F)(F)F)=N1. The third kappa shape index (κ3) is 3.24. The van der Waals surface area contributed by atoms with Gasteiger partial charge in [-0.15, -0.1) is 0 Å². The monoisotopic (exact) mass is 346 g/mol. The van der Waals surface area contributed by atoms with Gasteiger partial charge >= 0.3 is 6.18 Å². The molecule has 2 atom stereocenters. The molecule has 0 aromatic heterocycles. The summed E-state index contributed by atoms with van der Waals surface area (Å²) in [5, 5.41) is 0.273. The van der Waals surface area contributed by atoms with E-state index in [0.717, 1.165) is 6.42 Å². The lowest BCUT2D eigenvalue weighted by Gasteiger charge is -2.42. The van der Waals surface area contributed by atoms with Crippen molar-refractivity contribution in [1.82, 2.24) is 9.80 Å². The molecule has 0 aromatic rings. The Labute approximate surface area is 138 Å². The summed E-state index contributed by atoms with van der Waals surface area (Å²) < 4.78 is 40.3. The lowest BCUT2D eigenvalue weighted by molar-refractivity contribution is -0.180. The highest BCUT2D eigenvalue weighted by Crippen LogP contribution is 2.34. The summed E-state index contributed by atoms with van der Waals surface area (Å²) in [5.74, 6) is 0.313. The number of likely N-dealkylation sites (tertiary alicyclic amines) is 1. The van der Waals surface area contributed by atoms with E-state index in [1.807, 2.05) is 13.0 Å². The van der Waals surface area contributed by atoms with Crippen molar-refractivity contribution < 1.29 is 13.2 Å². The van der Waals surface area contributed by atoms with E-state index in [-0.39, 0.29) is 17.6 Å². The number of piperidine rings is 1. The average molecular weight is 347 g/mol. The summed E-state index contributed by atoms with van der Waals surface area (Å²) >= 11 is 6.13. The molecule has 23 heavy (non-hydrogen) atoms. The number of nitrogens with zero attached hydrogens (tertiary/aromatic N) is 4. The molecule has 0 N–H and O–H groups in total. The summed E-state index contributed by atoms with van der Waals surface area (Å²) in [5.41, 5.74) is 0.601. The van der Waals surface area contributed by atoms with Crippen molar-refractivity contribution in [3.05, 3.63) is 24.2 Å². The average Bonchev–Trinajstić information content (AvgIpc) is 2.67. The van der Waals surface area contributed by atoms with E-state index in [9.17, 15) is 13.2 Å². The number of allylic oxidation sites excluding steroid dienone is 1. The van der Waals surface area contributed by atoms with Crippen LogP contribution in [0.5, 0.6) is 0 Å². The molecule has 3 rings (SSSR count). The van der Waals surface area contributed by atoms with E-state index in [2.05, 4.69) is 9.98 Å². The molecular weight excluding hydrogens is 329 g/mol. The lowest BCUT2D eigenvalue weighted by Crippen LogP contribution is -2.55. The molecule has 0 amide bonds. The molecule has 0 bridgehead atoms. The smallest absolute Gasteiger partial charge is 0.330 e. The van der Waals surface area contributed by atoms with Crippen molar-refractivity contribution >= 4 is 22.7 Å². The van der Waals surface area contributed by atoms with Crippen LogP contribution in [0.2, 0.25) is 0 Å². The van der Waals surface area contributed by atoms with Gasteiger partial charge in [0.05, 0.1) is 11.7 Å². The minimum Gasteiger partial charge on any atom is -0.330 e. The first-order chi connectivity index (χ1) is 10.9. The van der Waals surface area contributed by atoms with Crippen LogP contribution in [0, 0.1) is 0 Å². The maximum absolute atomic E-state index is 13.4. The molecule has 8 heteroatoms. The molecule has 3 aliphatic heterocycles. The van der Waals surface area contributed by atoms with Gasteiger partial charge in [0.2, 0.25) is 5.96 Å². The van der Waals surface area contributed by atoms with Crippen LogP contribution in [-0.2, 0) is 0 Å². The Morgan fingerprint density at radius 3 is 2.83 bits per heavy atom. The first kappa shape index (κ1) is 16.4. The topological polar surface area (TPSA) is 31.2 Å². The number of hydrogen-bond acceptors (Lipinski definition) is 4. The Balaban J connectivity index is 2.00. The maximum atomic E-state index is 13.4. The first-order valence-corrected chi connectivity index (χ1v) is 8.06. The van der Waals surface area contributed by atoms with Gasteiger partial charge in [-0.25, -0.2) is 9.98 Å². The molecular formula is C15H18ClF3N4. The molecule has 4 nitrogen and oxygen atoms in total. The lowest BCUT2D eigenvalue weighted by atomic mass is 10.0. The Bertz CT molecular complexity index is 594. The maximum Gasteiger partial charge on any atom is 0.408 e. The van der Waals surface area contributed by atoms with Gasteiger partial charge in [0.1, 0.15) is 6.04 Å². The summed E-state index contributed by atoms with van der Waals surface area (Å²) in [6, 6.07) is -1.62. The number of guanidine groups is 1. The van der Waals surface area contributed by atoms with Gasteiger partial charge < -0.3 is 4.90 Å². The summed E-state index contributed by atoms with van der Waals surface area (Å²) in [7, 11) is 0. The quantitative estimate of drug-likeness (QED) is 0.667. The largest absolute Gasteiger partial charge is 0.408 e. The zero-order valence-electron chi connectivity index (χ0n) is 12.7. The fourth-order valence-corrected chi connectivity index (χ4v) is 3.31. The van der Waals surface area contributed by atoms with Gasteiger partial charge in [0.25, 0.3) is 0 Å². The van der Waals surface area contributed by atoms with Crippen molar-refractivity contribution in [2.24, 2.45) is 9.98 Å². The van der Waals surface area contributed by atoms with Crippen LogP contribution < -0.4 is 0 Å². The summed E-state index contributed by atoms with van der Waals surface area (Å²) in [6.45, 7) is 2.22. The van der Waals surface area contributed by atoms with Gasteiger partial charge in [0, 0.05) is 18.9 Å². The second kappa shape index (κ2) is 6.19. The van der Waals surface area contributed by atoms with Crippen LogP contribution in [0.4, 0.5) is 13.2 Å². The second-order valence-electron chi connectivity index (χ2n) is 5.94. The number of rotatable bonds is 0. The number of hydrogen-bond donors (Lipinski definition) is 0. The van der Waals surface area contributed by atoms with E-state index < -0.39 is 12.2 Å². The Morgan fingerprint density at radius 1 is 1.30 bits per heavy atom. The Hall–Kier alpha value is -1.50. The molecule has 0 saturated carbocycles. The number of halogens is 4. The van der Waals surface area contributed by atoms with E-state index in [1.54, 1.807) is 11.1 Å². The molecule has 0 aliphatic carbocycles. The highest BCUT2D eigenvalue weighted by atomic mass is 35.5. The van der Waals surface area contributed by atoms with Crippen LogP contribution in [0.25, 0.3) is 0 Å².